The summed E-state index contributed by atoms with van der Waals surface area (Å²) in [5.41, 5.74) is 4.50. The molecule has 6 nitrogen and oxygen atoms in total. The number of amides is 1. The molecule has 31 heavy (non-hydrogen) atoms. The lowest BCUT2D eigenvalue weighted by molar-refractivity contribution is -0.123. The minimum atomic E-state index is -1.21. The highest BCUT2D eigenvalue weighted by Gasteiger charge is 2.33. The normalized spacial score (nSPS) is 12.3. The molecule has 5 rings (SSSR count). The van der Waals surface area contributed by atoms with Gasteiger partial charge in [-0.1, -0.05) is 30.3 Å². The number of hydrogen-bond acceptors (Lipinski definition) is 4. The predicted molar refractivity (Wildman–Crippen MR) is 119 cm³/mol. The van der Waals surface area contributed by atoms with Crippen molar-refractivity contribution in [2.24, 2.45) is 0 Å². The fourth-order valence-electron chi connectivity index (χ4n) is 3.97. The van der Waals surface area contributed by atoms with Crippen LogP contribution in [0.1, 0.15) is 25.0 Å². The van der Waals surface area contributed by atoms with E-state index >= 15 is 0 Å². The zero-order valence-electron chi connectivity index (χ0n) is 17.3. The van der Waals surface area contributed by atoms with E-state index in [-0.39, 0.29) is 11.5 Å². The fourth-order valence-corrected chi connectivity index (χ4v) is 3.97. The number of aromatic nitrogens is 2. The van der Waals surface area contributed by atoms with Crippen molar-refractivity contribution >= 4 is 11.6 Å². The molecule has 0 bridgehead atoms. The Morgan fingerprint density at radius 3 is 2.61 bits per heavy atom. The fraction of sp³-hybridized carbons (Fsp3) is 0.160. The van der Waals surface area contributed by atoms with Crippen LogP contribution in [0.4, 0.5) is 5.69 Å². The SMILES string of the molecule is CC(C)(C(=O)Nc1ccc2c(c1)Cc1ccccc1-2)n1nc(-c2ccco2)ccc1=O. The van der Waals surface area contributed by atoms with Gasteiger partial charge in [0.05, 0.1) is 6.26 Å². The molecule has 4 aromatic rings. The van der Waals surface area contributed by atoms with Crippen LogP contribution in [0.15, 0.2) is 82.2 Å². The summed E-state index contributed by atoms with van der Waals surface area (Å²) in [6.45, 7) is 3.34. The van der Waals surface area contributed by atoms with Crippen molar-refractivity contribution in [1.82, 2.24) is 9.78 Å². The Morgan fingerprint density at radius 2 is 1.81 bits per heavy atom. The minimum Gasteiger partial charge on any atom is -0.463 e. The summed E-state index contributed by atoms with van der Waals surface area (Å²) in [7, 11) is 0. The molecule has 1 aliphatic carbocycles. The number of carbonyl (C=O) groups is 1. The number of nitrogens with zero attached hydrogens (tertiary/aromatic N) is 2. The highest BCUT2D eigenvalue weighted by Crippen LogP contribution is 2.37. The topological polar surface area (TPSA) is 77.1 Å². The van der Waals surface area contributed by atoms with Crippen molar-refractivity contribution in [2.75, 3.05) is 5.32 Å². The molecule has 0 fully saturated rings. The summed E-state index contributed by atoms with van der Waals surface area (Å²) in [4.78, 5) is 25.7. The first-order chi connectivity index (χ1) is 14.9. The van der Waals surface area contributed by atoms with Gasteiger partial charge in [-0.2, -0.15) is 5.10 Å². The Morgan fingerprint density at radius 1 is 1.00 bits per heavy atom. The molecule has 2 aromatic carbocycles. The van der Waals surface area contributed by atoms with Gasteiger partial charge in [0.1, 0.15) is 11.2 Å². The van der Waals surface area contributed by atoms with E-state index in [9.17, 15) is 9.59 Å². The molecule has 2 aromatic heterocycles. The molecule has 1 aliphatic rings. The smallest absolute Gasteiger partial charge is 0.267 e. The Balaban J connectivity index is 1.43. The summed E-state index contributed by atoms with van der Waals surface area (Å²) in [6.07, 6.45) is 2.38. The molecule has 1 amide bonds. The second kappa shape index (κ2) is 7.09. The maximum absolute atomic E-state index is 13.2. The highest BCUT2D eigenvalue weighted by atomic mass is 16.3. The largest absolute Gasteiger partial charge is 0.463 e. The monoisotopic (exact) mass is 411 g/mol. The molecule has 6 heteroatoms. The number of anilines is 1. The van der Waals surface area contributed by atoms with Crippen LogP contribution in [0.2, 0.25) is 0 Å². The van der Waals surface area contributed by atoms with Crippen molar-refractivity contribution < 1.29 is 9.21 Å². The van der Waals surface area contributed by atoms with Gasteiger partial charge in [-0.25, -0.2) is 4.68 Å². The van der Waals surface area contributed by atoms with E-state index in [4.69, 9.17) is 4.42 Å². The summed E-state index contributed by atoms with van der Waals surface area (Å²) in [6, 6.07) is 20.7. The first kappa shape index (κ1) is 19.1. The quantitative estimate of drug-likeness (QED) is 0.474. The van der Waals surface area contributed by atoms with Gasteiger partial charge in [-0.15, -0.1) is 0 Å². The minimum absolute atomic E-state index is 0.325. The van der Waals surface area contributed by atoms with Gasteiger partial charge in [0, 0.05) is 11.8 Å². The van der Waals surface area contributed by atoms with Gasteiger partial charge in [0.25, 0.3) is 11.5 Å². The second-order valence-corrected chi connectivity index (χ2v) is 8.16. The molecule has 0 saturated heterocycles. The van der Waals surface area contributed by atoms with E-state index < -0.39 is 5.54 Å². The third-order valence-corrected chi connectivity index (χ3v) is 5.71. The first-order valence-electron chi connectivity index (χ1n) is 10.1. The molecular formula is C25H21N3O3. The van der Waals surface area contributed by atoms with Gasteiger partial charge >= 0.3 is 0 Å². The lowest BCUT2D eigenvalue weighted by Gasteiger charge is -2.25. The zero-order chi connectivity index (χ0) is 21.6. The van der Waals surface area contributed by atoms with Crippen LogP contribution >= 0.6 is 0 Å². The van der Waals surface area contributed by atoms with Crippen molar-refractivity contribution in [3.63, 3.8) is 0 Å². The molecule has 2 heterocycles. The van der Waals surface area contributed by atoms with Crippen LogP contribution in [0.25, 0.3) is 22.6 Å². The van der Waals surface area contributed by atoms with E-state index in [1.165, 1.54) is 39.3 Å². The number of furan rings is 1. The maximum atomic E-state index is 13.2. The number of hydrogen-bond donors (Lipinski definition) is 1. The van der Waals surface area contributed by atoms with Crippen molar-refractivity contribution in [2.45, 2.75) is 25.8 Å². The van der Waals surface area contributed by atoms with Crippen molar-refractivity contribution in [3.8, 4) is 22.6 Å². The molecule has 0 unspecified atom stereocenters. The average molecular weight is 411 g/mol. The third-order valence-electron chi connectivity index (χ3n) is 5.71. The van der Waals surface area contributed by atoms with Crippen LogP contribution in [0.5, 0.6) is 0 Å². The van der Waals surface area contributed by atoms with Gasteiger partial charge in [0.15, 0.2) is 5.76 Å². The van der Waals surface area contributed by atoms with Crippen LogP contribution in [-0.2, 0) is 16.8 Å². The molecule has 0 radical (unpaired) electrons. The molecule has 0 saturated carbocycles. The van der Waals surface area contributed by atoms with Crippen LogP contribution < -0.4 is 10.9 Å². The standard InChI is InChI=1S/C25H21N3O3/c1-25(2,28-23(29)12-11-21(27-28)22-8-5-13-31-22)24(30)26-18-9-10-20-17(15-18)14-16-6-3-4-7-19(16)20/h3-13,15H,14H2,1-2H3,(H,26,30). The Hall–Kier alpha value is -3.93. The Labute approximate surface area is 179 Å². The van der Waals surface area contributed by atoms with E-state index in [2.05, 4.69) is 22.5 Å². The van der Waals surface area contributed by atoms with E-state index in [0.29, 0.717) is 17.1 Å². The number of benzene rings is 2. The van der Waals surface area contributed by atoms with Crippen molar-refractivity contribution in [1.29, 1.82) is 0 Å². The lowest BCUT2D eigenvalue weighted by Crippen LogP contribution is -2.47. The molecule has 0 atom stereocenters. The highest BCUT2D eigenvalue weighted by molar-refractivity contribution is 5.96. The Kier molecular flexibility index (Phi) is 4.36. The van der Waals surface area contributed by atoms with Gasteiger partial charge < -0.3 is 9.73 Å². The summed E-state index contributed by atoms with van der Waals surface area (Å²) in [5.74, 6) is 0.206. The van der Waals surface area contributed by atoms with Crippen LogP contribution in [0.3, 0.4) is 0 Å². The molecule has 1 N–H and O–H groups in total. The zero-order valence-corrected chi connectivity index (χ0v) is 17.3. The van der Waals surface area contributed by atoms with Gasteiger partial charge in [0.2, 0.25) is 0 Å². The molecular weight excluding hydrogens is 390 g/mol. The van der Waals surface area contributed by atoms with Crippen molar-refractivity contribution in [3.05, 3.63) is 94.5 Å². The maximum Gasteiger partial charge on any atom is 0.267 e. The van der Waals surface area contributed by atoms with E-state index in [1.54, 1.807) is 32.0 Å². The summed E-state index contributed by atoms with van der Waals surface area (Å²) >= 11 is 0. The van der Waals surface area contributed by atoms with Crippen LogP contribution in [0, 0.1) is 0 Å². The lowest BCUT2D eigenvalue weighted by atomic mass is 10.0. The van der Waals surface area contributed by atoms with Gasteiger partial charge in [-0.05, 0) is 72.9 Å². The predicted octanol–water partition coefficient (Wildman–Crippen LogP) is 4.45. The van der Waals surface area contributed by atoms with Crippen LogP contribution in [-0.4, -0.2) is 15.7 Å². The first-order valence-corrected chi connectivity index (χ1v) is 10.1. The number of carbonyl (C=O) groups excluding carboxylic acids is 1. The third kappa shape index (κ3) is 3.26. The molecule has 0 spiro atoms. The molecule has 0 aliphatic heterocycles. The molecule has 154 valence electrons. The number of fused-ring (bicyclic) bond motifs is 3. The average Bonchev–Trinajstić information content (AvgIpc) is 3.41. The van der Waals surface area contributed by atoms with E-state index in [1.807, 2.05) is 30.3 Å². The van der Waals surface area contributed by atoms with E-state index in [0.717, 1.165) is 6.42 Å². The van der Waals surface area contributed by atoms with Gasteiger partial charge in [-0.3, -0.25) is 9.59 Å². The number of rotatable bonds is 4. The summed E-state index contributed by atoms with van der Waals surface area (Å²) in [5, 5.41) is 7.34. The number of nitrogens with one attached hydrogen (secondary N) is 1. The second-order valence-electron chi connectivity index (χ2n) is 8.16. The summed E-state index contributed by atoms with van der Waals surface area (Å²) < 4.78 is 6.57. The Bertz CT molecular complexity index is 1350.